The summed E-state index contributed by atoms with van der Waals surface area (Å²) in [5, 5.41) is 11.0. The summed E-state index contributed by atoms with van der Waals surface area (Å²) in [4.78, 5) is 14.2. The number of ether oxygens (including phenoxy) is 1. The molecular formula is C16H17BrN4O2. The van der Waals surface area contributed by atoms with E-state index in [1.165, 1.54) is 0 Å². The van der Waals surface area contributed by atoms with Crippen LogP contribution in [-0.4, -0.2) is 42.4 Å². The standard InChI is InChI=1S/C16H17BrN4O2/c17-13-4-2-1-3-12(13)11-16(22)18-14-5-6-15(20-19-14)21-7-9-23-10-8-21/h1-6H,7-11H2,(H,18,19,22). The molecule has 23 heavy (non-hydrogen) atoms. The predicted octanol–water partition coefficient (Wildman–Crippen LogP) is 2.26. The molecule has 7 heteroatoms. The van der Waals surface area contributed by atoms with Crippen molar-refractivity contribution < 1.29 is 9.53 Å². The molecule has 1 fully saturated rings. The molecule has 1 aromatic carbocycles. The van der Waals surface area contributed by atoms with Gasteiger partial charge in [0.2, 0.25) is 5.91 Å². The van der Waals surface area contributed by atoms with Crippen molar-refractivity contribution in [2.45, 2.75) is 6.42 Å². The summed E-state index contributed by atoms with van der Waals surface area (Å²) in [5.41, 5.74) is 0.933. The van der Waals surface area contributed by atoms with E-state index in [0.29, 0.717) is 19.0 Å². The van der Waals surface area contributed by atoms with Crippen LogP contribution >= 0.6 is 15.9 Å². The maximum atomic E-state index is 12.1. The number of carbonyl (C=O) groups is 1. The van der Waals surface area contributed by atoms with Gasteiger partial charge >= 0.3 is 0 Å². The molecule has 1 aromatic heterocycles. The van der Waals surface area contributed by atoms with Gasteiger partial charge in [-0.3, -0.25) is 4.79 Å². The number of carbonyl (C=O) groups excluding carboxylic acids is 1. The van der Waals surface area contributed by atoms with Crippen LogP contribution in [0, 0.1) is 0 Å². The number of morpholine rings is 1. The molecule has 0 unspecified atom stereocenters. The smallest absolute Gasteiger partial charge is 0.230 e. The summed E-state index contributed by atoms with van der Waals surface area (Å²) in [6, 6.07) is 11.3. The molecule has 1 aliphatic rings. The van der Waals surface area contributed by atoms with Crippen LogP contribution in [0.25, 0.3) is 0 Å². The first-order valence-electron chi connectivity index (χ1n) is 7.42. The quantitative estimate of drug-likeness (QED) is 0.886. The van der Waals surface area contributed by atoms with Gasteiger partial charge in [-0.1, -0.05) is 34.1 Å². The van der Waals surface area contributed by atoms with Crippen LogP contribution in [0.3, 0.4) is 0 Å². The number of amides is 1. The van der Waals surface area contributed by atoms with Gasteiger partial charge < -0.3 is 15.0 Å². The van der Waals surface area contributed by atoms with Crippen LogP contribution < -0.4 is 10.2 Å². The first-order chi connectivity index (χ1) is 11.2. The highest BCUT2D eigenvalue weighted by Gasteiger charge is 2.13. The molecular weight excluding hydrogens is 360 g/mol. The van der Waals surface area contributed by atoms with E-state index in [0.717, 1.165) is 28.9 Å². The fraction of sp³-hybridized carbons (Fsp3) is 0.312. The fourth-order valence-electron chi connectivity index (χ4n) is 2.35. The van der Waals surface area contributed by atoms with Gasteiger partial charge in [-0.2, -0.15) is 0 Å². The molecule has 0 radical (unpaired) electrons. The molecule has 0 bridgehead atoms. The molecule has 120 valence electrons. The molecule has 0 aliphatic carbocycles. The SMILES string of the molecule is O=C(Cc1ccccc1Br)Nc1ccc(N2CCOCC2)nn1. The lowest BCUT2D eigenvalue weighted by atomic mass is 10.1. The monoisotopic (exact) mass is 376 g/mol. The minimum Gasteiger partial charge on any atom is -0.378 e. The van der Waals surface area contributed by atoms with Crippen LogP contribution in [0.4, 0.5) is 11.6 Å². The van der Waals surface area contributed by atoms with Gasteiger partial charge in [0.05, 0.1) is 19.6 Å². The van der Waals surface area contributed by atoms with Crippen molar-refractivity contribution in [3.8, 4) is 0 Å². The third kappa shape index (κ3) is 4.27. The van der Waals surface area contributed by atoms with E-state index >= 15 is 0 Å². The Balaban J connectivity index is 1.59. The second-order valence-corrected chi connectivity index (χ2v) is 6.05. The highest BCUT2D eigenvalue weighted by atomic mass is 79.9. The summed E-state index contributed by atoms with van der Waals surface area (Å²) in [7, 11) is 0. The average molecular weight is 377 g/mol. The molecule has 2 aromatic rings. The average Bonchev–Trinajstić information content (AvgIpc) is 2.58. The van der Waals surface area contributed by atoms with Crippen LogP contribution in [0.15, 0.2) is 40.9 Å². The minimum atomic E-state index is -0.120. The summed E-state index contributed by atoms with van der Waals surface area (Å²) in [6.07, 6.45) is 0.286. The van der Waals surface area contributed by atoms with Crippen LogP contribution in [0.5, 0.6) is 0 Å². The van der Waals surface area contributed by atoms with Crippen molar-refractivity contribution in [3.05, 3.63) is 46.4 Å². The van der Waals surface area contributed by atoms with E-state index in [1.54, 1.807) is 6.07 Å². The van der Waals surface area contributed by atoms with Gasteiger partial charge in [0.15, 0.2) is 11.6 Å². The fourth-order valence-corrected chi connectivity index (χ4v) is 2.78. The van der Waals surface area contributed by atoms with Gasteiger partial charge in [0, 0.05) is 17.6 Å². The Morgan fingerprint density at radius 1 is 1.17 bits per heavy atom. The predicted molar refractivity (Wildman–Crippen MR) is 91.5 cm³/mol. The van der Waals surface area contributed by atoms with E-state index in [1.807, 2.05) is 30.3 Å². The van der Waals surface area contributed by atoms with E-state index in [2.05, 4.69) is 36.3 Å². The zero-order valence-electron chi connectivity index (χ0n) is 12.5. The number of hydrogen-bond donors (Lipinski definition) is 1. The third-order valence-corrected chi connectivity index (χ3v) is 4.34. The van der Waals surface area contributed by atoms with Crippen LogP contribution in [0.2, 0.25) is 0 Å². The summed E-state index contributed by atoms with van der Waals surface area (Å²) in [6.45, 7) is 3.02. The van der Waals surface area contributed by atoms with Crippen LogP contribution in [-0.2, 0) is 16.0 Å². The number of nitrogens with zero attached hydrogens (tertiary/aromatic N) is 3. The third-order valence-electron chi connectivity index (χ3n) is 3.56. The highest BCUT2D eigenvalue weighted by molar-refractivity contribution is 9.10. The summed E-state index contributed by atoms with van der Waals surface area (Å²) in [5.74, 6) is 1.14. The molecule has 1 aliphatic heterocycles. The lowest BCUT2D eigenvalue weighted by Crippen LogP contribution is -2.36. The lowest BCUT2D eigenvalue weighted by Gasteiger charge is -2.27. The topological polar surface area (TPSA) is 67.4 Å². The number of halogens is 1. The van der Waals surface area contributed by atoms with Gasteiger partial charge in [-0.05, 0) is 23.8 Å². The Morgan fingerprint density at radius 3 is 2.65 bits per heavy atom. The number of benzene rings is 1. The maximum Gasteiger partial charge on any atom is 0.230 e. The molecule has 0 saturated carbocycles. The van der Waals surface area contributed by atoms with Gasteiger partial charge in [-0.25, -0.2) is 0 Å². The Labute approximate surface area is 143 Å². The van der Waals surface area contributed by atoms with Crippen molar-refractivity contribution in [1.29, 1.82) is 0 Å². The molecule has 0 spiro atoms. The van der Waals surface area contributed by atoms with Crippen molar-refractivity contribution in [3.63, 3.8) is 0 Å². The van der Waals surface area contributed by atoms with Gasteiger partial charge in [0.1, 0.15) is 0 Å². The second kappa shape index (κ2) is 7.52. The molecule has 0 atom stereocenters. The van der Waals surface area contributed by atoms with Gasteiger partial charge in [0.25, 0.3) is 0 Å². The Hall–Kier alpha value is -1.99. The second-order valence-electron chi connectivity index (χ2n) is 5.19. The number of rotatable bonds is 4. The number of nitrogens with one attached hydrogen (secondary N) is 1. The Bertz CT molecular complexity index is 672. The number of aromatic nitrogens is 2. The largest absolute Gasteiger partial charge is 0.378 e. The normalized spacial score (nSPS) is 14.6. The van der Waals surface area contributed by atoms with Crippen molar-refractivity contribution >= 4 is 33.5 Å². The van der Waals surface area contributed by atoms with E-state index in [-0.39, 0.29) is 12.3 Å². The van der Waals surface area contributed by atoms with E-state index in [9.17, 15) is 4.79 Å². The number of hydrogen-bond acceptors (Lipinski definition) is 5. The van der Waals surface area contributed by atoms with E-state index in [4.69, 9.17) is 4.74 Å². The minimum absolute atomic E-state index is 0.120. The molecule has 3 rings (SSSR count). The zero-order chi connectivity index (χ0) is 16.1. The molecule has 1 amide bonds. The molecule has 2 heterocycles. The maximum absolute atomic E-state index is 12.1. The van der Waals surface area contributed by atoms with Crippen molar-refractivity contribution in [1.82, 2.24) is 10.2 Å². The zero-order valence-corrected chi connectivity index (χ0v) is 14.1. The first-order valence-corrected chi connectivity index (χ1v) is 8.21. The first kappa shape index (κ1) is 15.9. The summed E-state index contributed by atoms with van der Waals surface area (Å²) >= 11 is 3.44. The van der Waals surface area contributed by atoms with Gasteiger partial charge in [-0.15, -0.1) is 10.2 Å². The highest BCUT2D eigenvalue weighted by Crippen LogP contribution is 2.17. The number of anilines is 2. The lowest BCUT2D eigenvalue weighted by molar-refractivity contribution is -0.115. The van der Waals surface area contributed by atoms with E-state index < -0.39 is 0 Å². The molecule has 1 saturated heterocycles. The van der Waals surface area contributed by atoms with Crippen molar-refractivity contribution in [2.75, 3.05) is 36.5 Å². The van der Waals surface area contributed by atoms with Crippen LogP contribution in [0.1, 0.15) is 5.56 Å². The molecule has 1 N–H and O–H groups in total. The summed E-state index contributed by atoms with van der Waals surface area (Å²) < 4.78 is 6.23. The molecule has 6 nitrogen and oxygen atoms in total. The Kier molecular flexibility index (Phi) is 5.19. The van der Waals surface area contributed by atoms with Crippen molar-refractivity contribution in [2.24, 2.45) is 0 Å². The Morgan fingerprint density at radius 2 is 1.96 bits per heavy atom.